The van der Waals surface area contributed by atoms with Crippen molar-refractivity contribution in [2.45, 2.75) is 0 Å². The van der Waals surface area contributed by atoms with Gasteiger partial charge in [0.05, 0.1) is 6.26 Å². The molecule has 0 aliphatic heterocycles. The molecular weight excluding hydrogens is 108 g/mol. The average molecular weight is 117 g/mol. The van der Waals surface area contributed by atoms with Crippen molar-refractivity contribution in [3.05, 3.63) is 19.1 Å². The predicted molar refractivity (Wildman–Crippen MR) is 33.4 cm³/mol. The summed E-state index contributed by atoms with van der Waals surface area (Å²) in [6.07, 6.45) is 5.11. The molecule has 0 saturated carbocycles. The molecule has 0 fully saturated rings. The molecule has 1 radical (unpaired) electrons. The number of hydrogen-bond acceptors (Lipinski definition) is 1. The molecule has 0 amide bonds. The molecule has 0 aromatic heterocycles. The summed E-state index contributed by atoms with van der Waals surface area (Å²) in [5, 5.41) is 0. The zero-order chi connectivity index (χ0) is 5.70. The van der Waals surface area contributed by atoms with Crippen molar-refractivity contribution in [1.82, 2.24) is 0 Å². The third-order valence-electron chi connectivity index (χ3n) is 0.498. The van der Waals surface area contributed by atoms with Gasteiger partial charge in [0.15, 0.2) is 0 Å². The lowest BCUT2D eigenvalue weighted by Crippen LogP contribution is -1.98. The summed E-state index contributed by atoms with van der Waals surface area (Å²) in [7, 11) is 0. The highest BCUT2D eigenvalue weighted by molar-refractivity contribution is 7.90. The monoisotopic (exact) mass is 117 g/mol. The summed E-state index contributed by atoms with van der Waals surface area (Å²) < 4.78 is 10.2. The van der Waals surface area contributed by atoms with Gasteiger partial charge in [0, 0.05) is 0 Å². The van der Waals surface area contributed by atoms with Crippen molar-refractivity contribution >= 4 is 11.2 Å². The van der Waals surface area contributed by atoms with Crippen molar-refractivity contribution in [2.75, 3.05) is 12.0 Å². The normalized spacial score (nSPS) is 15.3. The molecule has 0 spiro atoms. The van der Waals surface area contributed by atoms with Crippen LogP contribution in [-0.4, -0.2) is 16.6 Å². The smallest absolute Gasteiger partial charge is 0.123 e. The van der Waals surface area contributed by atoms with Crippen LogP contribution in [0.1, 0.15) is 0 Å². The van der Waals surface area contributed by atoms with Crippen molar-refractivity contribution in [2.24, 2.45) is 0 Å². The van der Waals surface area contributed by atoms with Gasteiger partial charge >= 0.3 is 0 Å². The van der Waals surface area contributed by atoms with Crippen LogP contribution < -0.4 is 0 Å². The van der Waals surface area contributed by atoms with Crippen LogP contribution in [0.4, 0.5) is 0 Å². The first-order chi connectivity index (χ1) is 3.27. The van der Waals surface area contributed by atoms with Gasteiger partial charge < -0.3 is 4.55 Å². The van der Waals surface area contributed by atoms with E-state index < -0.39 is 11.2 Å². The Balaban J connectivity index is 2.97. The maximum absolute atomic E-state index is 10.2. The summed E-state index contributed by atoms with van der Waals surface area (Å²) in [5.41, 5.74) is 0. The fraction of sp³-hybridized carbons (Fsp3) is 0.400. The number of hydrogen-bond donors (Lipinski definition) is 0. The summed E-state index contributed by atoms with van der Waals surface area (Å²) in [6.45, 7) is 3.44. The van der Waals surface area contributed by atoms with E-state index in [1.54, 1.807) is 18.4 Å². The van der Waals surface area contributed by atoms with Gasteiger partial charge in [0.2, 0.25) is 0 Å². The first kappa shape index (κ1) is 7.05. The molecule has 41 valence electrons. The van der Waals surface area contributed by atoms with E-state index in [9.17, 15) is 4.55 Å². The van der Waals surface area contributed by atoms with E-state index in [0.717, 1.165) is 0 Å². The molecule has 0 bridgehead atoms. The molecule has 0 rings (SSSR count). The minimum absolute atomic E-state index is 0.628. The van der Waals surface area contributed by atoms with E-state index in [0.29, 0.717) is 5.75 Å². The Hall–Kier alpha value is 0.0500. The van der Waals surface area contributed by atoms with Gasteiger partial charge in [-0.15, -0.1) is 0 Å². The molecule has 1 atom stereocenters. The zero-order valence-corrected chi connectivity index (χ0v) is 5.20. The summed E-state index contributed by atoms with van der Waals surface area (Å²) in [5.74, 6) is 0.628. The topological polar surface area (TPSA) is 23.1 Å². The molecule has 7 heavy (non-hydrogen) atoms. The molecule has 0 aromatic carbocycles. The second-order valence-corrected chi connectivity index (χ2v) is 2.69. The Labute approximate surface area is 47.6 Å². The molecule has 0 heterocycles. The van der Waals surface area contributed by atoms with Crippen LogP contribution in [0.2, 0.25) is 0 Å². The van der Waals surface area contributed by atoms with Gasteiger partial charge in [-0.1, -0.05) is 17.3 Å². The second kappa shape index (κ2) is 4.22. The molecule has 0 aliphatic carbocycles. The van der Waals surface area contributed by atoms with Crippen LogP contribution in [-0.2, 0) is 11.2 Å². The molecule has 1 unspecified atom stereocenters. The van der Waals surface area contributed by atoms with E-state index in [4.69, 9.17) is 0 Å². The van der Waals surface area contributed by atoms with Crippen molar-refractivity contribution in [3.63, 3.8) is 0 Å². The highest BCUT2D eigenvalue weighted by Gasteiger charge is 1.85. The van der Waals surface area contributed by atoms with Crippen LogP contribution in [0, 0.1) is 6.92 Å². The van der Waals surface area contributed by atoms with Gasteiger partial charge in [0.25, 0.3) is 0 Å². The van der Waals surface area contributed by atoms with Crippen LogP contribution >= 0.6 is 0 Å². The maximum atomic E-state index is 10.2. The molecule has 0 aromatic rings. The van der Waals surface area contributed by atoms with E-state index in [2.05, 4.69) is 6.92 Å². The molecule has 1 nitrogen and oxygen atoms in total. The quantitative estimate of drug-likeness (QED) is 0.489. The Morgan fingerprint density at radius 3 is 2.57 bits per heavy atom. The summed E-state index contributed by atoms with van der Waals surface area (Å²) in [6, 6.07) is 0. The summed E-state index contributed by atoms with van der Waals surface area (Å²) in [4.78, 5) is 0. The van der Waals surface area contributed by atoms with Crippen LogP contribution in [0.15, 0.2) is 12.2 Å². The predicted octanol–water partition coefficient (Wildman–Crippen LogP) is 0.755. The largest absolute Gasteiger partial charge is 0.616 e. The van der Waals surface area contributed by atoms with Crippen molar-refractivity contribution in [3.8, 4) is 0 Å². The fourth-order valence-electron chi connectivity index (χ4n) is 0.204. The standard InChI is InChI=1S/C5H9OS/c1-3-4-5-7(2)6/h3-4H,1,5H2,2H3. The van der Waals surface area contributed by atoms with Gasteiger partial charge in [-0.3, -0.25) is 0 Å². The van der Waals surface area contributed by atoms with Gasteiger partial charge in [0.1, 0.15) is 5.75 Å². The van der Waals surface area contributed by atoms with Gasteiger partial charge in [-0.2, -0.15) is 0 Å². The lowest BCUT2D eigenvalue weighted by atomic mass is 10.6. The SMILES string of the molecule is [CH2]C=CC[S+](C)[O-]. The van der Waals surface area contributed by atoms with Gasteiger partial charge in [-0.25, -0.2) is 0 Å². The third kappa shape index (κ3) is 6.05. The fourth-order valence-corrected chi connectivity index (χ4v) is 0.611. The highest BCUT2D eigenvalue weighted by Crippen LogP contribution is 1.81. The third-order valence-corrected chi connectivity index (χ3v) is 1.16. The van der Waals surface area contributed by atoms with E-state index in [1.807, 2.05) is 0 Å². The lowest BCUT2D eigenvalue weighted by Gasteiger charge is -1.97. The molecule has 0 N–H and O–H groups in total. The van der Waals surface area contributed by atoms with E-state index >= 15 is 0 Å². The highest BCUT2D eigenvalue weighted by atomic mass is 32.2. The summed E-state index contributed by atoms with van der Waals surface area (Å²) >= 11 is -0.692. The first-order valence-corrected chi connectivity index (χ1v) is 3.74. The van der Waals surface area contributed by atoms with Crippen molar-refractivity contribution in [1.29, 1.82) is 0 Å². The molecule has 2 heteroatoms. The molecule has 0 saturated heterocycles. The molecular formula is C5H9OS. The van der Waals surface area contributed by atoms with Gasteiger partial charge in [-0.05, 0) is 13.0 Å². The van der Waals surface area contributed by atoms with Crippen molar-refractivity contribution < 1.29 is 4.55 Å². The van der Waals surface area contributed by atoms with E-state index in [-0.39, 0.29) is 0 Å². The number of allylic oxidation sites excluding steroid dienone is 1. The zero-order valence-electron chi connectivity index (χ0n) is 4.39. The number of rotatable bonds is 2. The average Bonchev–Trinajstić information content (AvgIpc) is 1.61. The van der Waals surface area contributed by atoms with E-state index in [1.165, 1.54) is 0 Å². The Kier molecular flexibility index (Phi) is 4.25. The molecule has 0 aliphatic rings. The minimum Gasteiger partial charge on any atom is -0.616 e. The minimum atomic E-state index is -0.692. The Morgan fingerprint density at radius 2 is 2.43 bits per heavy atom. The van der Waals surface area contributed by atoms with Crippen LogP contribution in [0.25, 0.3) is 0 Å². The Morgan fingerprint density at radius 1 is 1.86 bits per heavy atom. The maximum Gasteiger partial charge on any atom is 0.123 e. The van der Waals surface area contributed by atoms with Crippen LogP contribution in [0.5, 0.6) is 0 Å². The van der Waals surface area contributed by atoms with Crippen LogP contribution in [0.3, 0.4) is 0 Å². The lowest BCUT2D eigenvalue weighted by molar-refractivity contribution is 0.603. The Bertz CT molecular complexity index is 59.1. The first-order valence-electron chi connectivity index (χ1n) is 2.01. The second-order valence-electron chi connectivity index (χ2n) is 1.21.